The summed E-state index contributed by atoms with van der Waals surface area (Å²) in [5.74, 6) is -2.95. The first-order valence-electron chi connectivity index (χ1n) is 7.72. The van der Waals surface area contributed by atoms with Crippen molar-refractivity contribution in [3.8, 4) is 0 Å². The highest BCUT2D eigenvalue weighted by Gasteiger charge is 2.38. The molecule has 0 saturated carbocycles. The van der Waals surface area contributed by atoms with Gasteiger partial charge in [0.25, 0.3) is 11.7 Å². The van der Waals surface area contributed by atoms with E-state index in [9.17, 15) is 14.4 Å². The summed E-state index contributed by atoms with van der Waals surface area (Å²) in [6.07, 6.45) is 1.24. The predicted molar refractivity (Wildman–Crippen MR) is 96.7 cm³/mol. The van der Waals surface area contributed by atoms with E-state index in [1.165, 1.54) is 31.4 Å². The number of carbonyl (C=O) groups excluding carboxylic acids is 3. The van der Waals surface area contributed by atoms with E-state index < -0.39 is 17.7 Å². The van der Waals surface area contributed by atoms with Crippen molar-refractivity contribution in [1.82, 2.24) is 0 Å². The third-order valence-corrected chi connectivity index (χ3v) is 4.26. The normalized spacial score (nSPS) is 15.7. The molecule has 0 radical (unpaired) electrons. The number of nitrogens with one attached hydrogen (secondary N) is 2. The highest BCUT2D eigenvalue weighted by atomic mass is 32.1. The minimum atomic E-state index is -1.27. The summed E-state index contributed by atoms with van der Waals surface area (Å²) in [5, 5.41) is 7.45. The lowest BCUT2D eigenvalue weighted by molar-refractivity contribution is -0.222. The molecule has 8 heteroatoms. The van der Waals surface area contributed by atoms with Crippen LogP contribution in [0.1, 0.15) is 23.5 Å². The van der Waals surface area contributed by atoms with Gasteiger partial charge < -0.3 is 20.1 Å². The molecule has 0 spiro atoms. The van der Waals surface area contributed by atoms with Crippen LogP contribution in [0, 0.1) is 0 Å². The first kappa shape index (κ1) is 17.7. The first-order chi connectivity index (χ1) is 12.3. The quantitative estimate of drug-likeness (QED) is 0.487. The fourth-order valence-corrected chi connectivity index (χ4v) is 2.80. The van der Waals surface area contributed by atoms with E-state index in [0.29, 0.717) is 16.3 Å². The lowest BCUT2D eigenvalue weighted by atomic mass is 10.2. The van der Waals surface area contributed by atoms with Gasteiger partial charge in [-0.3, -0.25) is 4.79 Å². The summed E-state index contributed by atoms with van der Waals surface area (Å²) >= 11 is 1.36. The van der Waals surface area contributed by atoms with Crippen molar-refractivity contribution in [1.29, 1.82) is 0 Å². The highest BCUT2D eigenvalue weighted by molar-refractivity contribution is 7.12. The molecule has 26 heavy (non-hydrogen) atoms. The van der Waals surface area contributed by atoms with Gasteiger partial charge in [-0.15, -0.1) is 11.3 Å². The van der Waals surface area contributed by atoms with Crippen molar-refractivity contribution < 1.29 is 23.9 Å². The molecule has 3 rings (SSSR count). The second-order valence-corrected chi connectivity index (χ2v) is 6.84. The van der Waals surface area contributed by atoms with Crippen molar-refractivity contribution in [2.24, 2.45) is 0 Å². The van der Waals surface area contributed by atoms with Gasteiger partial charge in [-0.25, -0.2) is 9.59 Å². The lowest BCUT2D eigenvalue weighted by Crippen LogP contribution is -2.42. The summed E-state index contributed by atoms with van der Waals surface area (Å²) in [7, 11) is 0. The largest absolute Gasteiger partial charge is 0.419 e. The molecule has 1 aliphatic rings. The van der Waals surface area contributed by atoms with Crippen molar-refractivity contribution in [3.63, 3.8) is 0 Å². The van der Waals surface area contributed by atoms with Crippen LogP contribution in [0.2, 0.25) is 0 Å². The van der Waals surface area contributed by atoms with Crippen molar-refractivity contribution in [3.05, 3.63) is 58.4 Å². The molecular formula is C18H16N2O5S. The number of thiophene rings is 1. The maximum atomic E-state index is 12.0. The average molecular weight is 372 g/mol. The van der Waals surface area contributed by atoms with Crippen LogP contribution in [0.3, 0.4) is 0 Å². The Labute approximate surface area is 153 Å². The lowest BCUT2D eigenvalue weighted by Gasteiger charge is -2.29. The summed E-state index contributed by atoms with van der Waals surface area (Å²) in [4.78, 5) is 36.3. The number of amides is 1. The molecule has 134 valence electrons. The topological polar surface area (TPSA) is 93.7 Å². The molecule has 1 aromatic carbocycles. The zero-order valence-electron chi connectivity index (χ0n) is 14.1. The number of cyclic esters (lactones) is 2. The average Bonchev–Trinajstić information content (AvgIpc) is 3.09. The Kier molecular flexibility index (Phi) is 4.77. The molecule has 2 N–H and O–H groups in total. The molecule has 0 unspecified atom stereocenters. The minimum absolute atomic E-state index is 0.182. The Bertz CT molecular complexity index is 847. The first-order valence-corrected chi connectivity index (χ1v) is 8.60. The van der Waals surface area contributed by atoms with Crippen LogP contribution in [0.5, 0.6) is 0 Å². The second kappa shape index (κ2) is 7.01. The molecular weight excluding hydrogens is 356 g/mol. The third kappa shape index (κ3) is 4.09. The van der Waals surface area contributed by atoms with E-state index in [1.807, 2.05) is 11.4 Å². The van der Waals surface area contributed by atoms with E-state index >= 15 is 0 Å². The van der Waals surface area contributed by atoms with Gasteiger partial charge in [-0.2, -0.15) is 0 Å². The van der Waals surface area contributed by atoms with Crippen molar-refractivity contribution in [2.45, 2.75) is 19.6 Å². The molecule has 1 fully saturated rings. The van der Waals surface area contributed by atoms with Gasteiger partial charge >= 0.3 is 11.9 Å². The van der Waals surface area contributed by atoms with E-state index in [-0.39, 0.29) is 11.5 Å². The number of esters is 2. The summed E-state index contributed by atoms with van der Waals surface area (Å²) in [6, 6.07) is 10.4. The van der Waals surface area contributed by atoms with Gasteiger partial charge in [0, 0.05) is 31.4 Å². The number of rotatable bonds is 4. The summed E-state index contributed by atoms with van der Waals surface area (Å²) in [6.45, 7) is 2.96. The number of anilines is 2. The summed E-state index contributed by atoms with van der Waals surface area (Å²) in [5.41, 5.74) is 1.02. The Hall–Kier alpha value is -3.13. The van der Waals surface area contributed by atoms with Gasteiger partial charge in [0.1, 0.15) is 0 Å². The fourth-order valence-electron chi connectivity index (χ4n) is 2.18. The van der Waals surface area contributed by atoms with Crippen LogP contribution < -0.4 is 10.6 Å². The minimum Gasteiger partial charge on any atom is -0.419 e. The van der Waals surface area contributed by atoms with Crippen LogP contribution >= 0.6 is 11.3 Å². The van der Waals surface area contributed by atoms with Gasteiger partial charge in [-0.1, -0.05) is 6.07 Å². The number of carbonyl (C=O) groups is 3. The van der Waals surface area contributed by atoms with Gasteiger partial charge in [-0.05, 0) is 35.7 Å². The molecule has 1 aliphatic heterocycles. The zero-order valence-corrected chi connectivity index (χ0v) is 14.9. The number of hydrogen-bond donors (Lipinski definition) is 2. The zero-order chi connectivity index (χ0) is 18.7. The molecule has 7 nitrogen and oxygen atoms in total. The molecule has 1 saturated heterocycles. The van der Waals surface area contributed by atoms with Gasteiger partial charge in [0.2, 0.25) is 0 Å². The van der Waals surface area contributed by atoms with Crippen LogP contribution in [-0.4, -0.2) is 23.6 Å². The molecule has 0 bridgehead atoms. The Balaban J connectivity index is 1.63. The predicted octanol–water partition coefficient (Wildman–Crippen LogP) is 3.13. The number of benzene rings is 1. The monoisotopic (exact) mass is 372 g/mol. The van der Waals surface area contributed by atoms with E-state index in [2.05, 4.69) is 10.6 Å². The standard InChI is InChI=1S/C18H16N2O5S/c1-18(2)24-16(22)13(17(23)25-18)10-19-11-5-7-12(8-6-11)20-15(21)14-4-3-9-26-14/h3-10,19H,1-2H3,(H,20,21). The van der Waals surface area contributed by atoms with Crippen LogP contribution in [-0.2, 0) is 19.1 Å². The molecule has 0 atom stereocenters. The van der Waals surface area contributed by atoms with E-state index in [0.717, 1.165) is 0 Å². The SMILES string of the molecule is CC1(C)OC(=O)C(=CNc2ccc(NC(=O)c3cccs3)cc2)C(=O)O1. The van der Waals surface area contributed by atoms with Gasteiger partial charge in [0.05, 0.1) is 4.88 Å². The molecule has 2 aromatic rings. The molecule has 1 amide bonds. The highest BCUT2D eigenvalue weighted by Crippen LogP contribution is 2.23. The van der Waals surface area contributed by atoms with Crippen LogP contribution in [0.15, 0.2) is 53.6 Å². The number of hydrogen-bond acceptors (Lipinski definition) is 7. The Morgan fingerprint density at radius 3 is 2.23 bits per heavy atom. The Morgan fingerprint density at radius 1 is 1.04 bits per heavy atom. The maximum Gasteiger partial charge on any atom is 0.350 e. The maximum absolute atomic E-state index is 12.0. The number of ether oxygens (including phenoxy) is 2. The molecule has 0 aliphatic carbocycles. The van der Waals surface area contributed by atoms with Gasteiger partial charge in [0.15, 0.2) is 5.57 Å². The second-order valence-electron chi connectivity index (χ2n) is 5.89. The third-order valence-electron chi connectivity index (χ3n) is 3.39. The van der Waals surface area contributed by atoms with E-state index in [1.54, 1.807) is 30.3 Å². The van der Waals surface area contributed by atoms with E-state index in [4.69, 9.17) is 9.47 Å². The summed E-state index contributed by atoms with van der Waals surface area (Å²) < 4.78 is 10.0. The van der Waals surface area contributed by atoms with Crippen LogP contribution in [0.25, 0.3) is 0 Å². The van der Waals surface area contributed by atoms with Crippen LogP contribution in [0.4, 0.5) is 11.4 Å². The van der Waals surface area contributed by atoms with Crippen molar-refractivity contribution in [2.75, 3.05) is 10.6 Å². The molecule has 2 heterocycles. The smallest absolute Gasteiger partial charge is 0.350 e. The fraction of sp³-hybridized carbons (Fsp3) is 0.167. The van der Waals surface area contributed by atoms with Crippen molar-refractivity contribution >= 4 is 40.6 Å². The molecule has 1 aromatic heterocycles. The Morgan fingerprint density at radius 2 is 1.65 bits per heavy atom.